The Bertz CT molecular complexity index is 3140. The van der Waals surface area contributed by atoms with Crippen LogP contribution in [-0.2, 0) is 41.9 Å². The van der Waals surface area contributed by atoms with Gasteiger partial charge >= 0.3 is 19.5 Å². The van der Waals surface area contributed by atoms with E-state index in [1.807, 2.05) is 61.0 Å². The molecule has 10 rings (SSSR count). The fraction of sp³-hybridized carbons (Fsp3) is 0.241. The monoisotopic (exact) mass is 1090 g/mol. The third-order valence-corrected chi connectivity index (χ3v) is 14.3. The molecule has 0 aliphatic heterocycles. The molecule has 0 atom stereocenters. The Morgan fingerprint density at radius 3 is 1.33 bits per heavy atom. The van der Waals surface area contributed by atoms with Gasteiger partial charge in [-0.15, -0.1) is 22.7 Å². The number of nitrogens with zero attached hydrogens (tertiary/aromatic N) is 8. The first-order valence-corrected chi connectivity index (χ1v) is 26.0. The Kier molecular flexibility index (Phi) is 20.0. The number of rotatable bonds is 19. The summed E-state index contributed by atoms with van der Waals surface area (Å²) in [6.45, 7) is 9.09. The molecule has 0 bridgehead atoms. The topological polar surface area (TPSA) is 158 Å². The fourth-order valence-electron chi connectivity index (χ4n) is 8.23. The number of aryl methyl sites for hydroxylation is 4. The van der Waals surface area contributed by atoms with Gasteiger partial charge in [0, 0.05) is 78.6 Å². The summed E-state index contributed by atoms with van der Waals surface area (Å²) in [7, 11) is 0. The molecule has 0 N–H and O–H groups in total. The van der Waals surface area contributed by atoms with E-state index < -0.39 is 0 Å². The molecule has 8 aromatic heterocycles. The van der Waals surface area contributed by atoms with Crippen LogP contribution in [0.1, 0.15) is 86.4 Å². The Balaban J connectivity index is 0.000000163. The molecule has 2 aromatic carbocycles. The van der Waals surface area contributed by atoms with Gasteiger partial charge in [-0.05, 0) is 122 Å². The SMILES string of the molecule is CCCCCCc1ccc(-c2ccc3c(-c4cc(C)n[n-]4)nccc3c2)s1.CCCCCCc1ccc(-c2ccc3c(-c4cc(C)n[n-]4)nccc3c2)s1.O=COc1ccnc(-c2cc(OC=O)ccn2)c1.[Ru+2]. The fourth-order valence-corrected chi connectivity index (χ4v) is 10.3. The van der Waals surface area contributed by atoms with Crippen molar-refractivity contribution >= 4 is 57.2 Å². The van der Waals surface area contributed by atoms with E-state index in [-0.39, 0.29) is 19.5 Å². The molecule has 0 saturated carbocycles. The number of carbonyl (C=O) groups is 2. The molecule has 0 aliphatic carbocycles. The van der Waals surface area contributed by atoms with Crippen LogP contribution in [0.2, 0.25) is 0 Å². The summed E-state index contributed by atoms with van der Waals surface area (Å²) in [6, 6.07) is 36.7. The van der Waals surface area contributed by atoms with Crippen LogP contribution in [0.25, 0.3) is 76.6 Å². The molecule has 8 heterocycles. The molecular weight excluding hydrogens is 1040 g/mol. The number of hydrogen-bond donors (Lipinski definition) is 0. The molecule has 0 radical (unpaired) electrons. The van der Waals surface area contributed by atoms with E-state index in [9.17, 15) is 9.59 Å². The largest absolute Gasteiger partial charge is 2.00 e. The van der Waals surface area contributed by atoms with Crippen molar-refractivity contribution in [1.29, 1.82) is 0 Å². The van der Waals surface area contributed by atoms with Crippen LogP contribution in [0, 0.1) is 13.8 Å². The molecule has 0 unspecified atom stereocenters. The summed E-state index contributed by atoms with van der Waals surface area (Å²) in [5.74, 6) is 0.719. The summed E-state index contributed by atoms with van der Waals surface area (Å²) < 4.78 is 9.42. The van der Waals surface area contributed by atoms with E-state index in [1.165, 1.54) is 118 Å². The smallest absolute Gasteiger partial charge is 0.573 e. The van der Waals surface area contributed by atoms with Crippen molar-refractivity contribution in [3.05, 3.63) is 155 Å². The number of fused-ring (bicyclic) bond motifs is 2. The van der Waals surface area contributed by atoms with Crippen LogP contribution in [0.5, 0.6) is 11.5 Å². The van der Waals surface area contributed by atoms with Crippen molar-refractivity contribution in [2.45, 2.75) is 91.9 Å². The van der Waals surface area contributed by atoms with Crippen LogP contribution in [0.4, 0.5) is 0 Å². The number of thiophene rings is 2. The molecule has 0 aliphatic rings. The minimum absolute atomic E-state index is 0. The van der Waals surface area contributed by atoms with E-state index in [0.717, 1.165) is 44.9 Å². The van der Waals surface area contributed by atoms with Crippen molar-refractivity contribution in [1.82, 2.24) is 40.3 Å². The van der Waals surface area contributed by atoms with Crippen LogP contribution >= 0.6 is 22.7 Å². The maximum absolute atomic E-state index is 10.2. The molecule has 10 aromatic rings. The Morgan fingerprint density at radius 1 is 0.493 bits per heavy atom. The summed E-state index contributed by atoms with van der Waals surface area (Å²) in [5.41, 5.74) is 8.90. The molecule has 0 fully saturated rings. The average molecular weight is 1090 g/mol. The zero-order valence-corrected chi connectivity index (χ0v) is 44.7. The molecule has 0 spiro atoms. The molecule has 372 valence electrons. The third-order valence-electron chi connectivity index (χ3n) is 11.9. The quantitative estimate of drug-likeness (QED) is 0.0429. The maximum Gasteiger partial charge on any atom is 2.00 e. The van der Waals surface area contributed by atoms with Crippen molar-refractivity contribution < 1.29 is 38.5 Å². The van der Waals surface area contributed by atoms with E-state index in [2.05, 4.69) is 127 Å². The van der Waals surface area contributed by atoms with Gasteiger partial charge in [-0.1, -0.05) is 100 Å². The number of pyridine rings is 4. The van der Waals surface area contributed by atoms with Gasteiger partial charge in [0.05, 0.1) is 22.8 Å². The number of aromatic nitrogens is 8. The van der Waals surface area contributed by atoms with Gasteiger partial charge in [0.25, 0.3) is 12.9 Å². The predicted octanol–water partition coefficient (Wildman–Crippen LogP) is 14.0. The van der Waals surface area contributed by atoms with Gasteiger partial charge in [-0.25, -0.2) is 0 Å². The Hall–Kier alpha value is -7.06. The molecule has 12 nitrogen and oxygen atoms in total. The second-order valence-corrected chi connectivity index (χ2v) is 19.6. The standard InChI is InChI=1S/2C23H24N3S.C12H8N2O4.Ru/c2*1-3-4-5-6-7-19-9-11-22(27-19)18-8-10-20-17(15-18)12-13-24-23(20)21-14-16(2)25-26-21;15-7-17-9-1-3-13-11(5-9)12-6-10(18-8-16)2-4-14-12;/h2*8-15H,3-7H2,1-2H3;1-8H;/q2*-1;;+2. The summed E-state index contributed by atoms with van der Waals surface area (Å²) >= 11 is 3.84. The van der Waals surface area contributed by atoms with Gasteiger partial charge in [0.1, 0.15) is 11.5 Å². The Labute approximate surface area is 446 Å². The Morgan fingerprint density at radius 2 is 0.932 bits per heavy atom. The van der Waals surface area contributed by atoms with Crippen LogP contribution < -0.4 is 19.7 Å². The van der Waals surface area contributed by atoms with Crippen molar-refractivity contribution in [2.75, 3.05) is 0 Å². The summed E-state index contributed by atoms with van der Waals surface area (Å²) in [5, 5.41) is 21.4. The van der Waals surface area contributed by atoms with Crippen LogP contribution in [0.15, 0.2) is 134 Å². The van der Waals surface area contributed by atoms with Gasteiger partial charge < -0.3 is 29.9 Å². The van der Waals surface area contributed by atoms with E-state index in [0.29, 0.717) is 35.8 Å². The zero-order chi connectivity index (χ0) is 50.1. The van der Waals surface area contributed by atoms with E-state index >= 15 is 0 Å². The predicted molar refractivity (Wildman–Crippen MR) is 289 cm³/mol. The van der Waals surface area contributed by atoms with Crippen LogP contribution in [-0.4, -0.2) is 43.1 Å². The van der Waals surface area contributed by atoms with Crippen LogP contribution in [0.3, 0.4) is 0 Å². The van der Waals surface area contributed by atoms with Crippen molar-refractivity contribution in [3.8, 4) is 66.5 Å². The minimum atomic E-state index is 0. The molecule has 15 heteroatoms. The summed E-state index contributed by atoms with van der Waals surface area (Å²) in [6.07, 6.45) is 19.6. The third kappa shape index (κ3) is 14.6. The number of ether oxygens (including phenoxy) is 2. The second kappa shape index (κ2) is 27.1. The maximum atomic E-state index is 10.2. The number of carbonyl (C=O) groups excluding carboxylic acids is 2. The van der Waals surface area contributed by atoms with Gasteiger partial charge in [-0.2, -0.15) is 0 Å². The van der Waals surface area contributed by atoms with Gasteiger partial charge in [0.2, 0.25) is 0 Å². The minimum Gasteiger partial charge on any atom is -0.573 e. The van der Waals surface area contributed by atoms with Gasteiger partial charge in [0.15, 0.2) is 0 Å². The average Bonchev–Trinajstić information content (AvgIpc) is 4.26. The number of unbranched alkanes of at least 4 members (excludes halogenated alkanes) is 6. The number of benzene rings is 2. The first-order chi connectivity index (χ1) is 35.3. The summed E-state index contributed by atoms with van der Waals surface area (Å²) in [4.78, 5) is 43.4. The molecule has 0 amide bonds. The van der Waals surface area contributed by atoms with Crippen molar-refractivity contribution in [3.63, 3.8) is 0 Å². The van der Waals surface area contributed by atoms with Crippen molar-refractivity contribution in [2.24, 2.45) is 0 Å². The molecule has 73 heavy (non-hydrogen) atoms. The van der Waals surface area contributed by atoms with E-state index in [4.69, 9.17) is 9.47 Å². The zero-order valence-electron chi connectivity index (χ0n) is 41.3. The number of hydrogen-bond acceptors (Lipinski definition) is 12. The van der Waals surface area contributed by atoms with E-state index in [1.54, 1.807) is 24.3 Å². The second-order valence-electron chi connectivity index (χ2n) is 17.3. The first-order valence-electron chi connectivity index (χ1n) is 24.4. The first kappa shape index (κ1) is 53.7. The normalized spacial score (nSPS) is 10.7. The van der Waals surface area contributed by atoms with Gasteiger partial charge in [-0.3, -0.25) is 29.5 Å². The molecule has 0 saturated heterocycles. The molecular formula is C58H56N8O4RuS2.